The number of aryl methyl sites for hydroxylation is 3. The Labute approximate surface area is 104 Å². The van der Waals surface area contributed by atoms with E-state index in [1.165, 1.54) is 22.3 Å². The molecule has 1 aromatic rings. The molecular weight excluding hydrogens is 210 g/mol. The Hall–Kier alpha value is -1.15. The SMILES string of the molecule is CC(=O)CCNCCc1cc(C)c(C)cc1C. The molecule has 0 atom stereocenters. The highest BCUT2D eigenvalue weighted by Gasteiger charge is 2.01. The third kappa shape index (κ3) is 4.70. The Bertz CT molecular complexity index is 396. The summed E-state index contributed by atoms with van der Waals surface area (Å²) in [5, 5.41) is 3.31. The van der Waals surface area contributed by atoms with Crippen molar-refractivity contribution in [1.29, 1.82) is 0 Å². The number of hydrogen-bond acceptors (Lipinski definition) is 2. The molecule has 2 nitrogen and oxygen atoms in total. The van der Waals surface area contributed by atoms with E-state index in [0.29, 0.717) is 6.42 Å². The van der Waals surface area contributed by atoms with Crippen LogP contribution in [0.15, 0.2) is 12.1 Å². The molecule has 0 bridgehead atoms. The van der Waals surface area contributed by atoms with Gasteiger partial charge in [-0.2, -0.15) is 0 Å². The molecule has 0 fully saturated rings. The summed E-state index contributed by atoms with van der Waals surface area (Å²) in [5.74, 6) is 0.250. The fourth-order valence-electron chi connectivity index (χ4n) is 1.90. The summed E-state index contributed by atoms with van der Waals surface area (Å²) in [7, 11) is 0. The molecule has 0 aromatic heterocycles. The maximum atomic E-state index is 10.8. The van der Waals surface area contributed by atoms with Gasteiger partial charge in [-0.25, -0.2) is 0 Å². The van der Waals surface area contributed by atoms with Crippen molar-refractivity contribution in [1.82, 2.24) is 5.32 Å². The number of hydrogen-bond donors (Lipinski definition) is 1. The molecule has 0 amide bonds. The van der Waals surface area contributed by atoms with Crippen molar-refractivity contribution in [3.8, 4) is 0 Å². The molecule has 0 aliphatic carbocycles. The second-order valence-corrected chi connectivity index (χ2v) is 4.81. The van der Waals surface area contributed by atoms with Gasteiger partial charge in [0.05, 0.1) is 0 Å². The van der Waals surface area contributed by atoms with Gasteiger partial charge in [0.15, 0.2) is 0 Å². The second kappa shape index (κ2) is 6.55. The molecule has 0 saturated heterocycles. The number of benzene rings is 1. The molecular formula is C15H23NO. The Morgan fingerprint density at radius 2 is 1.71 bits per heavy atom. The molecule has 0 spiro atoms. The normalized spacial score (nSPS) is 10.6. The first-order chi connectivity index (χ1) is 8.00. The number of nitrogens with one attached hydrogen (secondary N) is 1. The monoisotopic (exact) mass is 233 g/mol. The quantitative estimate of drug-likeness (QED) is 0.765. The smallest absolute Gasteiger partial charge is 0.131 e. The number of ketones is 1. The van der Waals surface area contributed by atoms with Gasteiger partial charge in [-0.1, -0.05) is 12.1 Å². The Balaban J connectivity index is 2.41. The van der Waals surface area contributed by atoms with Gasteiger partial charge >= 0.3 is 0 Å². The largest absolute Gasteiger partial charge is 0.316 e. The molecule has 17 heavy (non-hydrogen) atoms. The van der Waals surface area contributed by atoms with E-state index in [4.69, 9.17) is 0 Å². The molecule has 1 aromatic carbocycles. The summed E-state index contributed by atoms with van der Waals surface area (Å²) in [6.45, 7) is 9.83. The minimum Gasteiger partial charge on any atom is -0.316 e. The van der Waals surface area contributed by atoms with E-state index in [9.17, 15) is 4.79 Å². The highest BCUT2D eigenvalue weighted by Crippen LogP contribution is 2.15. The first-order valence-electron chi connectivity index (χ1n) is 6.27. The van der Waals surface area contributed by atoms with Crippen LogP contribution in [0.4, 0.5) is 0 Å². The van der Waals surface area contributed by atoms with Crippen LogP contribution in [0.2, 0.25) is 0 Å². The lowest BCUT2D eigenvalue weighted by Crippen LogP contribution is -2.20. The van der Waals surface area contributed by atoms with Crippen molar-refractivity contribution >= 4 is 5.78 Å². The summed E-state index contributed by atoms with van der Waals surface area (Å²) >= 11 is 0. The van der Waals surface area contributed by atoms with Gasteiger partial charge in [0, 0.05) is 13.0 Å². The van der Waals surface area contributed by atoms with Gasteiger partial charge in [0.1, 0.15) is 5.78 Å². The third-order valence-corrected chi connectivity index (χ3v) is 3.18. The predicted molar refractivity (Wildman–Crippen MR) is 72.5 cm³/mol. The Kier molecular flexibility index (Phi) is 5.36. The zero-order chi connectivity index (χ0) is 12.8. The molecule has 0 aliphatic rings. The minimum absolute atomic E-state index is 0.250. The molecule has 1 rings (SSSR count). The van der Waals surface area contributed by atoms with Crippen LogP contribution in [0.5, 0.6) is 0 Å². The zero-order valence-electron chi connectivity index (χ0n) is 11.4. The first-order valence-corrected chi connectivity index (χ1v) is 6.27. The van der Waals surface area contributed by atoms with Crippen LogP contribution in [-0.4, -0.2) is 18.9 Å². The standard InChI is InChI=1S/C15H23NO/c1-11-9-13(3)15(10-12(11)2)6-8-16-7-5-14(4)17/h9-10,16H,5-8H2,1-4H3. The van der Waals surface area contributed by atoms with Gasteiger partial charge in [0.2, 0.25) is 0 Å². The Morgan fingerprint density at radius 3 is 2.35 bits per heavy atom. The van der Waals surface area contributed by atoms with Crippen molar-refractivity contribution in [2.24, 2.45) is 0 Å². The number of Topliss-reactive ketones (excluding diaryl/α,β-unsaturated/α-hetero) is 1. The molecule has 1 N–H and O–H groups in total. The first kappa shape index (κ1) is 13.9. The van der Waals surface area contributed by atoms with Gasteiger partial charge < -0.3 is 5.32 Å². The maximum Gasteiger partial charge on any atom is 0.131 e. The lowest BCUT2D eigenvalue weighted by atomic mass is 9.99. The molecule has 0 radical (unpaired) electrons. The highest BCUT2D eigenvalue weighted by atomic mass is 16.1. The molecule has 0 unspecified atom stereocenters. The van der Waals surface area contributed by atoms with Gasteiger partial charge in [0.25, 0.3) is 0 Å². The lowest BCUT2D eigenvalue weighted by Gasteiger charge is -2.10. The van der Waals surface area contributed by atoms with Crippen LogP contribution < -0.4 is 5.32 Å². The van der Waals surface area contributed by atoms with E-state index < -0.39 is 0 Å². The fraction of sp³-hybridized carbons (Fsp3) is 0.533. The average molecular weight is 233 g/mol. The Morgan fingerprint density at radius 1 is 1.06 bits per heavy atom. The van der Waals surface area contributed by atoms with E-state index in [1.54, 1.807) is 6.92 Å². The predicted octanol–water partition coefficient (Wildman–Crippen LogP) is 2.72. The van der Waals surface area contributed by atoms with Crippen LogP contribution in [0.3, 0.4) is 0 Å². The van der Waals surface area contributed by atoms with Crippen LogP contribution >= 0.6 is 0 Å². The average Bonchev–Trinajstić information content (AvgIpc) is 2.24. The molecule has 0 aliphatic heterocycles. The lowest BCUT2D eigenvalue weighted by molar-refractivity contribution is -0.116. The minimum atomic E-state index is 0.250. The van der Waals surface area contributed by atoms with E-state index in [-0.39, 0.29) is 5.78 Å². The molecule has 0 heterocycles. The van der Waals surface area contributed by atoms with Crippen LogP contribution in [0, 0.1) is 20.8 Å². The zero-order valence-corrected chi connectivity index (χ0v) is 11.4. The summed E-state index contributed by atoms with van der Waals surface area (Å²) in [4.78, 5) is 10.8. The van der Waals surface area contributed by atoms with Crippen molar-refractivity contribution in [2.75, 3.05) is 13.1 Å². The topological polar surface area (TPSA) is 29.1 Å². The van der Waals surface area contributed by atoms with Crippen LogP contribution in [0.1, 0.15) is 35.6 Å². The van der Waals surface area contributed by atoms with E-state index >= 15 is 0 Å². The second-order valence-electron chi connectivity index (χ2n) is 4.81. The van der Waals surface area contributed by atoms with Crippen LogP contribution in [-0.2, 0) is 11.2 Å². The van der Waals surface area contributed by atoms with Gasteiger partial charge in [-0.05, 0) is 62.9 Å². The van der Waals surface area contributed by atoms with Crippen molar-refractivity contribution < 1.29 is 4.79 Å². The van der Waals surface area contributed by atoms with Crippen molar-refractivity contribution in [2.45, 2.75) is 40.5 Å². The van der Waals surface area contributed by atoms with Crippen molar-refractivity contribution in [3.63, 3.8) is 0 Å². The van der Waals surface area contributed by atoms with Gasteiger partial charge in [-0.15, -0.1) is 0 Å². The number of rotatable bonds is 6. The maximum absolute atomic E-state index is 10.8. The van der Waals surface area contributed by atoms with Crippen LogP contribution in [0.25, 0.3) is 0 Å². The number of carbonyl (C=O) groups is 1. The molecule has 2 heteroatoms. The van der Waals surface area contributed by atoms with Gasteiger partial charge in [-0.3, -0.25) is 4.79 Å². The van der Waals surface area contributed by atoms with E-state index in [0.717, 1.165) is 19.5 Å². The van der Waals surface area contributed by atoms with Crippen molar-refractivity contribution in [3.05, 3.63) is 34.4 Å². The van der Waals surface area contributed by atoms with E-state index in [2.05, 4.69) is 38.2 Å². The molecule has 94 valence electrons. The summed E-state index contributed by atoms with van der Waals surface area (Å²) < 4.78 is 0. The summed E-state index contributed by atoms with van der Waals surface area (Å²) in [6, 6.07) is 4.53. The molecule has 0 saturated carbocycles. The van der Waals surface area contributed by atoms with E-state index in [1.807, 2.05) is 0 Å². The highest BCUT2D eigenvalue weighted by molar-refractivity contribution is 5.75. The number of carbonyl (C=O) groups excluding carboxylic acids is 1. The third-order valence-electron chi connectivity index (χ3n) is 3.18. The summed E-state index contributed by atoms with van der Waals surface area (Å²) in [6.07, 6.45) is 1.66. The summed E-state index contributed by atoms with van der Waals surface area (Å²) in [5.41, 5.74) is 5.48. The fourth-order valence-corrected chi connectivity index (χ4v) is 1.90.